The van der Waals surface area contributed by atoms with E-state index in [-0.39, 0.29) is 11.4 Å². The van der Waals surface area contributed by atoms with Gasteiger partial charge in [-0.05, 0) is 63.8 Å². The first kappa shape index (κ1) is 17.7. The van der Waals surface area contributed by atoms with E-state index in [2.05, 4.69) is 17.0 Å². The highest BCUT2D eigenvalue weighted by atomic mass is 16.5. The van der Waals surface area contributed by atoms with Gasteiger partial charge in [-0.1, -0.05) is 5.16 Å². The molecule has 0 aromatic carbocycles. The van der Waals surface area contributed by atoms with Gasteiger partial charge < -0.3 is 14.2 Å². The smallest absolute Gasteiger partial charge is 0.276 e. The van der Waals surface area contributed by atoms with Crippen molar-refractivity contribution < 1.29 is 14.1 Å². The van der Waals surface area contributed by atoms with Crippen molar-refractivity contribution in [3.05, 3.63) is 17.5 Å². The molecule has 1 aromatic heterocycles. The molecular weight excluding hydrogens is 342 g/mol. The molecule has 0 N–H and O–H groups in total. The van der Waals surface area contributed by atoms with Crippen molar-refractivity contribution in [1.29, 1.82) is 0 Å². The van der Waals surface area contributed by atoms with Gasteiger partial charge >= 0.3 is 0 Å². The highest BCUT2D eigenvalue weighted by Gasteiger charge is 2.53. The zero-order valence-electron chi connectivity index (χ0n) is 16.4. The second-order valence-corrected chi connectivity index (χ2v) is 9.18. The minimum atomic E-state index is 0.0366. The first-order chi connectivity index (χ1) is 13.2. The van der Waals surface area contributed by atoms with Crippen LogP contribution in [0.5, 0.6) is 0 Å². The Kier molecular flexibility index (Phi) is 4.51. The van der Waals surface area contributed by atoms with Crippen LogP contribution in [-0.4, -0.2) is 65.8 Å². The lowest BCUT2D eigenvalue weighted by Gasteiger charge is -2.59. The number of hydrogen-bond donors (Lipinski definition) is 0. The molecular formula is C21H31N3O3. The van der Waals surface area contributed by atoms with Crippen molar-refractivity contribution in [1.82, 2.24) is 15.0 Å². The quantitative estimate of drug-likeness (QED) is 0.735. The van der Waals surface area contributed by atoms with Crippen LogP contribution in [0, 0.1) is 11.8 Å². The Morgan fingerprint density at radius 3 is 2.78 bits per heavy atom. The van der Waals surface area contributed by atoms with Crippen molar-refractivity contribution in [3.63, 3.8) is 0 Å². The van der Waals surface area contributed by atoms with Crippen LogP contribution in [0.1, 0.15) is 67.6 Å². The van der Waals surface area contributed by atoms with E-state index in [1.807, 2.05) is 11.0 Å². The van der Waals surface area contributed by atoms with Gasteiger partial charge in [-0.2, -0.15) is 0 Å². The highest BCUT2D eigenvalue weighted by molar-refractivity contribution is 5.93. The maximum atomic E-state index is 12.9. The molecule has 0 unspecified atom stereocenters. The number of hydrogen-bond acceptors (Lipinski definition) is 5. The van der Waals surface area contributed by atoms with E-state index in [4.69, 9.17) is 9.26 Å². The molecule has 3 heterocycles. The molecule has 2 saturated carbocycles. The molecule has 0 radical (unpaired) electrons. The number of ether oxygens (including phenoxy) is 1. The van der Waals surface area contributed by atoms with Gasteiger partial charge in [-0.25, -0.2) is 0 Å². The second kappa shape index (κ2) is 6.89. The number of rotatable bonds is 7. The number of aromatic nitrogens is 1. The van der Waals surface area contributed by atoms with Crippen molar-refractivity contribution in [2.75, 3.05) is 39.4 Å². The van der Waals surface area contributed by atoms with Gasteiger partial charge in [0.2, 0.25) is 0 Å². The van der Waals surface area contributed by atoms with Gasteiger partial charge in [0.15, 0.2) is 5.69 Å². The Morgan fingerprint density at radius 1 is 1.26 bits per heavy atom. The van der Waals surface area contributed by atoms with Crippen molar-refractivity contribution in [2.45, 2.75) is 56.9 Å². The van der Waals surface area contributed by atoms with Crippen molar-refractivity contribution in [3.8, 4) is 0 Å². The lowest BCUT2D eigenvalue weighted by atomic mass is 9.74. The normalized spacial score (nSPS) is 27.7. The lowest BCUT2D eigenvalue weighted by molar-refractivity contribution is -0.0889. The summed E-state index contributed by atoms with van der Waals surface area (Å²) in [5.74, 6) is 2.92. The SMILES string of the molecule is CCOC[C@H]1CCN(CC2CC2)C2(C1)CN(C(=O)c1cc(C3CC3)on1)C2. The molecule has 1 spiro atoms. The Balaban J connectivity index is 1.24. The summed E-state index contributed by atoms with van der Waals surface area (Å²) < 4.78 is 11.1. The van der Waals surface area contributed by atoms with Crippen LogP contribution < -0.4 is 0 Å². The van der Waals surface area contributed by atoms with Gasteiger partial charge in [-0.3, -0.25) is 9.69 Å². The van der Waals surface area contributed by atoms with Crippen molar-refractivity contribution >= 4 is 5.91 Å². The van der Waals surface area contributed by atoms with Gasteiger partial charge in [-0.15, -0.1) is 0 Å². The molecule has 27 heavy (non-hydrogen) atoms. The maximum absolute atomic E-state index is 12.9. The van der Waals surface area contributed by atoms with Crippen LogP contribution in [0.15, 0.2) is 10.6 Å². The molecule has 0 bridgehead atoms. The molecule has 2 saturated heterocycles. The molecule has 1 aromatic rings. The minimum Gasteiger partial charge on any atom is -0.381 e. The van der Waals surface area contributed by atoms with Gasteiger partial charge in [0, 0.05) is 44.8 Å². The fraction of sp³-hybridized carbons (Fsp3) is 0.810. The van der Waals surface area contributed by atoms with Crippen LogP contribution in [-0.2, 0) is 4.74 Å². The third-order valence-electron chi connectivity index (χ3n) is 6.86. The molecule has 1 atom stereocenters. The predicted molar refractivity (Wildman–Crippen MR) is 101 cm³/mol. The van der Waals surface area contributed by atoms with Crippen LogP contribution >= 0.6 is 0 Å². The first-order valence-electron chi connectivity index (χ1n) is 10.8. The van der Waals surface area contributed by atoms with E-state index >= 15 is 0 Å². The topological polar surface area (TPSA) is 58.8 Å². The first-order valence-corrected chi connectivity index (χ1v) is 10.8. The van der Waals surface area contributed by atoms with Gasteiger partial charge in [0.05, 0.1) is 5.54 Å². The summed E-state index contributed by atoms with van der Waals surface area (Å²) in [6, 6.07) is 1.87. The number of nitrogens with zero attached hydrogens (tertiary/aromatic N) is 3. The monoisotopic (exact) mass is 373 g/mol. The number of carbonyl (C=O) groups is 1. The largest absolute Gasteiger partial charge is 0.381 e. The molecule has 4 aliphatic rings. The van der Waals surface area contributed by atoms with E-state index in [1.54, 1.807) is 0 Å². The fourth-order valence-corrected chi connectivity index (χ4v) is 4.92. The fourth-order valence-electron chi connectivity index (χ4n) is 4.92. The molecule has 4 fully saturated rings. The third kappa shape index (κ3) is 3.54. The van der Waals surface area contributed by atoms with E-state index in [1.165, 1.54) is 25.8 Å². The summed E-state index contributed by atoms with van der Waals surface area (Å²) in [6.45, 7) is 7.72. The molecule has 1 amide bonds. The predicted octanol–water partition coefficient (Wildman–Crippen LogP) is 2.91. The average molecular weight is 373 g/mol. The van der Waals surface area contributed by atoms with Crippen LogP contribution in [0.4, 0.5) is 0 Å². The average Bonchev–Trinajstić information content (AvgIpc) is 3.58. The van der Waals surface area contributed by atoms with Crippen LogP contribution in [0.3, 0.4) is 0 Å². The summed E-state index contributed by atoms with van der Waals surface area (Å²) >= 11 is 0. The van der Waals surface area contributed by atoms with E-state index in [9.17, 15) is 4.79 Å². The Hall–Kier alpha value is -1.40. The molecule has 2 aliphatic carbocycles. The van der Waals surface area contributed by atoms with E-state index in [0.29, 0.717) is 17.5 Å². The zero-order chi connectivity index (χ0) is 18.4. The maximum Gasteiger partial charge on any atom is 0.276 e. The molecule has 148 valence electrons. The minimum absolute atomic E-state index is 0.0366. The molecule has 6 nitrogen and oxygen atoms in total. The van der Waals surface area contributed by atoms with Crippen molar-refractivity contribution in [2.24, 2.45) is 11.8 Å². The van der Waals surface area contributed by atoms with E-state index < -0.39 is 0 Å². The summed E-state index contributed by atoms with van der Waals surface area (Å²) in [5.41, 5.74) is 0.642. The number of piperidine rings is 1. The Bertz CT molecular complexity index is 689. The van der Waals surface area contributed by atoms with Gasteiger partial charge in [0.1, 0.15) is 5.76 Å². The summed E-state index contributed by atoms with van der Waals surface area (Å²) in [5, 5.41) is 4.05. The van der Waals surface area contributed by atoms with Gasteiger partial charge in [0.25, 0.3) is 5.91 Å². The lowest BCUT2D eigenvalue weighted by Crippen LogP contribution is -2.73. The summed E-state index contributed by atoms with van der Waals surface area (Å²) in [7, 11) is 0. The highest BCUT2D eigenvalue weighted by Crippen LogP contribution is 2.43. The zero-order valence-corrected chi connectivity index (χ0v) is 16.4. The standard InChI is InChI=1S/C21H31N3O3/c1-2-26-12-16-7-8-24(11-15-3-4-15)21(10-16)13-23(14-21)20(25)18-9-19(27-22-18)17-5-6-17/h9,15-17H,2-8,10-14H2,1H3/t16-/m0/s1. The number of carbonyl (C=O) groups excluding carboxylic acids is 1. The van der Waals surface area contributed by atoms with Crippen LogP contribution in [0.25, 0.3) is 0 Å². The third-order valence-corrected chi connectivity index (χ3v) is 6.86. The second-order valence-electron chi connectivity index (χ2n) is 9.18. The number of likely N-dealkylation sites (tertiary alicyclic amines) is 2. The summed E-state index contributed by atoms with van der Waals surface area (Å²) in [6.07, 6.45) is 7.44. The Morgan fingerprint density at radius 2 is 2.07 bits per heavy atom. The summed E-state index contributed by atoms with van der Waals surface area (Å²) in [4.78, 5) is 17.5. The molecule has 5 rings (SSSR count). The number of amides is 1. The van der Waals surface area contributed by atoms with Crippen LogP contribution in [0.2, 0.25) is 0 Å². The Labute approximate surface area is 161 Å². The van der Waals surface area contributed by atoms with E-state index in [0.717, 1.165) is 63.8 Å². The molecule has 6 heteroatoms. The molecule has 2 aliphatic heterocycles.